The molecule has 0 spiro atoms. The second-order valence-electron chi connectivity index (χ2n) is 3.84. The Morgan fingerprint density at radius 1 is 1.24 bits per heavy atom. The number of hydrogen-bond acceptors (Lipinski definition) is 3. The summed E-state index contributed by atoms with van der Waals surface area (Å²) in [5, 5.41) is 0. The smallest absolute Gasteiger partial charge is 0.118 e. The predicted octanol–water partition coefficient (Wildman–Crippen LogP) is 2.20. The zero-order valence-electron chi connectivity index (χ0n) is 9.80. The number of benzene rings is 1. The summed E-state index contributed by atoms with van der Waals surface area (Å²) in [6.07, 6.45) is 7.59. The lowest BCUT2D eigenvalue weighted by molar-refractivity contribution is 0.0928. The molecule has 0 saturated carbocycles. The molecule has 0 amide bonds. The molecule has 2 rings (SSSR count). The summed E-state index contributed by atoms with van der Waals surface area (Å²) in [5.41, 5.74) is 7.54. The number of hydrogen-bond donors (Lipinski definition) is 1. The molecule has 0 heterocycles. The van der Waals surface area contributed by atoms with Crippen molar-refractivity contribution in [2.75, 3.05) is 7.11 Å². The van der Waals surface area contributed by atoms with E-state index in [4.69, 9.17) is 15.2 Å². The Labute approximate surface area is 102 Å². The highest BCUT2D eigenvalue weighted by Gasteiger charge is 2.10. The Balaban J connectivity index is 1.85. The predicted molar refractivity (Wildman–Crippen MR) is 67.3 cm³/mol. The third kappa shape index (κ3) is 3.36. The minimum absolute atomic E-state index is 0.0397. The molecule has 1 aromatic rings. The number of rotatable bonds is 4. The molecule has 0 fully saturated rings. The maximum Gasteiger partial charge on any atom is 0.118 e. The largest absolute Gasteiger partial charge is 0.497 e. The Kier molecular flexibility index (Phi) is 3.83. The Hall–Kier alpha value is -1.74. The lowest BCUT2D eigenvalue weighted by Crippen LogP contribution is -2.17. The third-order valence-electron chi connectivity index (χ3n) is 2.55. The van der Waals surface area contributed by atoms with Gasteiger partial charge < -0.3 is 15.2 Å². The van der Waals surface area contributed by atoms with Crippen LogP contribution in [0.15, 0.2) is 48.2 Å². The van der Waals surface area contributed by atoms with Crippen molar-refractivity contribution in [1.82, 2.24) is 0 Å². The summed E-state index contributed by atoms with van der Waals surface area (Å²) in [6.45, 7) is 0.558. The van der Waals surface area contributed by atoms with Crippen LogP contribution < -0.4 is 10.5 Å². The summed E-state index contributed by atoms with van der Waals surface area (Å²) in [6, 6.07) is 7.83. The topological polar surface area (TPSA) is 44.5 Å². The summed E-state index contributed by atoms with van der Waals surface area (Å²) < 4.78 is 10.8. The van der Waals surface area contributed by atoms with Crippen molar-refractivity contribution in [3.63, 3.8) is 0 Å². The van der Waals surface area contributed by atoms with E-state index in [1.165, 1.54) is 0 Å². The number of allylic oxidation sites excluding steroid dienone is 2. The zero-order valence-corrected chi connectivity index (χ0v) is 9.80. The molecule has 89 valence electrons. The van der Waals surface area contributed by atoms with E-state index in [-0.39, 0.29) is 6.10 Å². The molecule has 17 heavy (non-hydrogen) atoms. The van der Waals surface area contributed by atoms with Crippen LogP contribution in [-0.2, 0) is 11.3 Å². The molecule has 1 radical (unpaired) electrons. The summed E-state index contributed by atoms with van der Waals surface area (Å²) in [5.74, 6) is 0.852. The van der Waals surface area contributed by atoms with E-state index < -0.39 is 0 Å². The minimum atomic E-state index is -0.0397. The maximum atomic E-state index is 5.71. The third-order valence-corrected chi connectivity index (χ3v) is 2.55. The lowest BCUT2D eigenvalue weighted by atomic mass is 10.1. The average molecular weight is 230 g/mol. The summed E-state index contributed by atoms with van der Waals surface area (Å²) >= 11 is 0. The zero-order chi connectivity index (χ0) is 12.1. The molecule has 0 saturated heterocycles. The van der Waals surface area contributed by atoms with E-state index in [1.54, 1.807) is 7.11 Å². The first-order valence-electron chi connectivity index (χ1n) is 5.51. The first-order valence-corrected chi connectivity index (χ1v) is 5.51. The van der Waals surface area contributed by atoms with Gasteiger partial charge in [0.05, 0.1) is 19.8 Å². The van der Waals surface area contributed by atoms with Gasteiger partial charge in [-0.05, 0) is 23.8 Å². The maximum absolute atomic E-state index is 5.71. The fourth-order valence-corrected chi connectivity index (χ4v) is 1.59. The standard InChI is InChI=1S/C14H16NO2/c1-16-13-7-5-11(6-8-13)10-17-14-4-2-3-12(15)9-14/h2-9,14H,10,15H2,1H3. The van der Waals surface area contributed by atoms with E-state index in [0.29, 0.717) is 6.61 Å². The summed E-state index contributed by atoms with van der Waals surface area (Å²) in [7, 11) is 1.66. The molecule has 1 unspecified atom stereocenters. The molecule has 3 heteroatoms. The van der Waals surface area contributed by atoms with Gasteiger partial charge >= 0.3 is 0 Å². The van der Waals surface area contributed by atoms with Crippen LogP contribution in [0.4, 0.5) is 0 Å². The van der Waals surface area contributed by atoms with Crippen LogP contribution in [0, 0.1) is 6.42 Å². The van der Waals surface area contributed by atoms with Crippen LogP contribution in [0.1, 0.15) is 5.56 Å². The molecule has 0 bridgehead atoms. The molecular formula is C14H16NO2. The van der Waals surface area contributed by atoms with Crippen molar-refractivity contribution in [1.29, 1.82) is 0 Å². The van der Waals surface area contributed by atoms with Gasteiger partial charge in [0.25, 0.3) is 0 Å². The Bertz CT molecular complexity index is 420. The van der Waals surface area contributed by atoms with E-state index in [2.05, 4.69) is 0 Å². The van der Waals surface area contributed by atoms with Crippen molar-refractivity contribution in [3.05, 3.63) is 60.2 Å². The van der Waals surface area contributed by atoms with Crippen molar-refractivity contribution >= 4 is 0 Å². The molecule has 1 aliphatic carbocycles. The number of methoxy groups -OCH3 is 1. The van der Waals surface area contributed by atoms with E-state index in [0.717, 1.165) is 17.0 Å². The second kappa shape index (κ2) is 5.55. The molecule has 1 atom stereocenters. The molecule has 1 aromatic carbocycles. The fourth-order valence-electron chi connectivity index (χ4n) is 1.59. The molecule has 3 nitrogen and oxygen atoms in total. The Morgan fingerprint density at radius 3 is 2.65 bits per heavy atom. The van der Waals surface area contributed by atoms with Crippen LogP contribution in [0.5, 0.6) is 5.75 Å². The van der Waals surface area contributed by atoms with Crippen molar-refractivity contribution < 1.29 is 9.47 Å². The first kappa shape index (κ1) is 11.7. The lowest BCUT2D eigenvalue weighted by Gasteiger charge is -2.16. The van der Waals surface area contributed by atoms with Gasteiger partial charge in [0.15, 0.2) is 0 Å². The van der Waals surface area contributed by atoms with Gasteiger partial charge in [-0.3, -0.25) is 0 Å². The van der Waals surface area contributed by atoms with E-state index >= 15 is 0 Å². The van der Waals surface area contributed by atoms with Crippen LogP contribution in [0.3, 0.4) is 0 Å². The Morgan fingerprint density at radius 2 is 2.00 bits per heavy atom. The normalized spacial score (nSPS) is 18.9. The fraction of sp³-hybridized carbons (Fsp3) is 0.214. The van der Waals surface area contributed by atoms with Crippen LogP contribution in [0.2, 0.25) is 0 Å². The number of ether oxygens (including phenoxy) is 2. The minimum Gasteiger partial charge on any atom is -0.497 e. The van der Waals surface area contributed by atoms with Gasteiger partial charge in [-0.15, -0.1) is 0 Å². The first-order chi connectivity index (χ1) is 8.28. The van der Waals surface area contributed by atoms with Gasteiger partial charge in [-0.2, -0.15) is 0 Å². The van der Waals surface area contributed by atoms with Gasteiger partial charge in [0.2, 0.25) is 0 Å². The second-order valence-corrected chi connectivity index (χ2v) is 3.84. The molecular weight excluding hydrogens is 214 g/mol. The number of nitrogens with two attached hydrogens (primary N) is 1. The van der Waals surface area contributed by atoms with Gasteiger partial charge in [-0.25, -0.2) is 0 Å². The van der Waals surface area contributed by atoms with Gasteiger partial charge in [-0.1, -0.05) is 24.3 Å². The monoisotopic (exact) mass is 230 g/mol. The molecule has 0 aliphatic heterocycles. The van der Waals surface area contributed by atoms with Crippen molar-refractivity contribution in [2.24, 2.45) is 5.73 Å². The van der Waals surface area contributed by atoms with Crippen LogP contribution in [-0.4, -0.2) is 13.2 Å². The quantitative estimate of drug-likeness (QED) is 0.862. The highest BCUT2D eigenvalue weighted by Crippen LogP contribution is 2.15. The van der Waals surface area contributed by atoms with E-state index in [1.807, 2.05) is 48.9 Å². The van der Waals surface area contributed by atoms with Gasteiger partial charge in [0.1, 0.15) is 5.75 Å². The van der Waals surface area contributed by atoms with Crippen LogP contribution >= 0.6 is 0 Å². The van der Waals surface area contributed by atoms with Crippen molar-refractivity contribution in [2.45, 2.75) is 12.7 Å². The van der Waals surface area contributed by atoms with E-state index in [9.17, 15) is 0 Å². The highest BCUT2D eigenvalue weighted by molar-refractivity contribution is 5.28. The molecule has 1 aliphatic rings. The van der Waals surface area contributed by atoms with Gasteiger partial charge in [0, 0.05) is 12.1 Å². The van der Waals surface area contributed by atoms with Crippen molar-refractivity contribution in [3.8, 4) is 5.75 Å². The average Bonchev–Trinajstić information content (AvgIpc) is 2.37. The molecule has 0 aromatic heterocycles. The highest BCUT2D eigenvalue weighted by atomic mass is 16.5. The molecule has 2 N–H and O–H groups in total. The van der Waals surface area contributed by atoms with Crippen LogP contribution in [0.25, 0.3) is 0 Å². The SMILES string of the molecule is COc1ccc(COC2[CH]C(N)=CC=C2)cc1. The summed E-state index contributed by atoms with van der Waals surface area (Å²) in [4.78, 5) is 0.